The largest absolute Gasteiger partial charge is 0.330 e. The van der Waals surface area contributed by atoms with E-state index in [0.29, 0.717) is 11.7 Å². The highest BCUT2D eigenvalue weighted by Crippen LogP contribution is 2.45. The second kappa shape index (κ2) is 11.0. The number of hydrogen-bond acceptors (Lipinski definition) is 5. The number of aromatic nitrogens is 6. The Balaban J connectivity index is 1.42. The Morgan fingerprint density at radius 1 is 1.13 bits per heavy atom. The molecular weight excluding hydrogens is 478 g/mol. The monoisotopic (exact) mass is 513 g/mol. The number of hydrogen-bond donors (Lipinski definition) is 1. The normalized spacial score (nSPS) is 18.7. The second-order valence-corrected chi connectivity index (χ2v) is 10.5. The summed E-state index contributed by atoms with van der Waals surface area (Å²) in [4.78, 5) is 37.1. The number of aryl methyl sites for hydroxylation is 1. The topological polar surface area (TPSA) is 99.6 Å². The molecular formula is C29H35N7O2. The Morgan fingerprint density at radius 3 is 2.66 bits per heavy atom. The molecule has 9 nitrogen and oxygen atoms in total. The SMILES string of the molecule is CC1=C(/C=C/C(C)=C/C=C/C(C)=C/C(=O)Nn2cnc3c(=O)n(C)cnc32)C(C)(C)CCC1n1ccnc1. The van der Waals surface area contributed by atoms with Gasteiger partial charge in [0.25, 0.3) is 11.5 Å². The van der Waals surface area contributed by atoms with Gasteiger partial charge in [-0.2, -0.15) is 0 Å². The summed E-state index contributed by atoms with van der Waals surface area (Å²) in [6, 6.07) is 0.342. The minimum absolute atomic E-state index is 0.115. The molecule has 1 N–H and O–H groups in total. The number of carbonyl (C=O) groups is 1. The summed E-state index contributed by atoms with van der Waals surface area (Å²) in [6.07, 6.45) is 22.5. The molecule has 1 aliphatic carbocycles. The van der Waals surface area contributed by atoms with Gasteiger partial charge in [0, 0.05) is 25.5 Å². The molecule has 0 aliphatic heterocycles. The molecule has 0 aromatic carbocycles. The fraction of sp³-hybridized carbons (Fsp3) is 0.345. The van der Waals surface area contributed by atoms with E-state index in [0.717, 1.165) is 24.0 Å². The van der Waals surface area contributed by atoms with Gasteiger partial charge >= 0.3 is 0 Å². The van der Waals surface area contributed by atoms with Crippen LogP contribution in [0.25, 0.3) is 11.2 Å². The van der Waals surface area contributed by atoms with Gasteiger partial charge < -0.3 is 9.13 Å². The fourth-order valence-corrected chi connectivity index (χ4v) is 4.83. The van der Waals surface area contributed by atoms with E-state index in [2.05, 4.69) is 64.8 Å². The zero-order chi connectivity index (χ0) is 27.4. The number of rotatable bonds is 7. The van der Waals surface area contributed by atoms with Gasteiger partial charge in [-0.25, -0.2) is 19.6 Å². The minimum atomic E-state index is -0.344. The van der Waals surface area contributed by atoms with Crippen LogP contribution in [0.3, 0.4) is 0 Å². The van der Waals surface area contributed by atoms with Crippen molar-refractivity contribution in [2.24, 2.45) is 12.5 Å². The number of nitrogens with one attached hydrogen (secondary N) is 1. The molecule has 9 heteroatoms. The summed E-state index contributed by atoms with van der Waals surface area (Å²) in [5, 5.41) is 0. The van der Waals surface area contributed by atoms with Crippen LogP contribution in [0.1, 0.15) is 53.5 Å². The zero-order valence-corrected chi connectivity index (χ0v) is 22.8. The molecule has 0 saturated carbocycles. The van der Waals surface area contributed by atoms with Gasteiger partial charge in [0.1, 0.15) is 6.33 Å². The number of fused-ring (bicyclic) bond motifs is 1. The molecule has 1 aliphatic rings. The Bertz CT molecular complexity index is 1540. The number of allylic oxidation sites excluding steroid dienone is 9. The molecule has 0 fully saturated rings. The summed E-state index contributed by atoms with van der Waals surface area (Å²) < 4.78 is 4.89. The van der Waals surface area contributed by atoms with E-state index in [9.17, 15) is 9.59 Å². The third-order valence-corrected chi connectivity index (χ3v) is 7.02. The van der Waals surface area contributed by atoms with Gasteiger partial charge in [-0.05, 0) is 55.7 Å². The van der Waals surface area contributed by atoms with Gasteiger partial charge in [-0.1, -0.05) is 49.8 Å². The van der Waals surface area contributed by atoms with Crippen molar-refractivity contribution < 1.29 is 4.79 Å². The maximum atomic E-state index is 12.5. The molecule has 0 saturated heterocycles. The maximum Gasteiger partial charge on any atom is 0.281 e. The van der Waals surface area contributed by atoms with Gasteiger partial charge in [0.15, 0.2) is 11.2 Å². The van der Waals surface area contributed by atoms with Crippen molar-refractivity contribution in [3.63, 3.8) is 0 Å². The van der Waals surface area contributed by atoms with Crippen molar-refractivity contribution in [3.05, 3.63) is 100 Å². The first-order valence-corrected chi connectivity index (χ1v) is 12.7. The van der Waals surface area contributed by atoms with Crippen molar-refractivity contribution in [2.45, 2.75) is 53.5 Å². The highest BCUT2D eigenvalue weighted by Gasteiger charge is 2.32. The number of amides is 1. The van der Waals surface area contributed by atoms with Crippen LogP contribution in [0.4, 0.5) is 0 Å². The van der Waals surface area contributed by atoms with Crippen molar-refractivity contribution in [2.75, 3.05) is 5.43 Å². The van der Waals surface area contributed by atoms with Crippen LogP contribution in [0, 0.1) is 5.41 Å². The second-order valence-electron chi connectivity index (χ2n) is 10.5. The third kappa shape index (κ3) is 5.82. The molecule has 4 rings (SSSR count). The lowest BCUT2D eigenvalue weighted by Crippen LogP contribution is -2.25. The first-order valence-electron chi connectivity index (χ1n) is 12.7. The highest BCUT2D eigenvalue weighted by molar-refractivity contribution is 5.95. The lowest BCUT2D eigenvalue weighted by atomic mass is 9.71. The van der Waals surface area contributed by atoms with Crippen molar-refractivity contribution in [1.82, 2.24) is 28.8 Å². The minimum Gasteiger partial charge on any atom is -0.330 e. The van der Waals surface area contributed by atoms with E-state index in [1.54, 1.807) is 7.05 Å². The average Bonchev–Trinajstić information content (AvgIpc) is 3.52. The van der Waals surface area contributed by atoms with Gasteiger partial charge in [-0.3, -0.25) is 15.0 Å². The summed E-state index contributed by atoms with van der Waals surface area (Å²) in [5.74, 6) is -0.344. The Hall–Kier alpha value is -4.27. The average molecular weight is 514 g/mol. The van der Waals surface area contributed by atoms with Crippen molar-refractivity contribution in [3.8, 4) is 0 Å². The van der Waals surface area contributed by atoms with Crippen molar-refractivity contribution in [1.29, 1.82) is 0 Å². The zero-order valence-electron chi connectivity index (χ0n) is 22.8. The molecule has 3 aromatic rings. The smallest absolute Gasteiger partial charge is 0.281 e. The van der Waals surface area contributed by atoms with E-state index in [1.165, 1.54) is 39.1 Å². The van der Waals surface area contributed by atoms with Crippen LogP contribution >= 0.6 is 0 Å². The summed E-state index contributed by atoms with van der Waals surface area (Å²) in [5.41, 5.74) is 7.65. The third-order valence-electron chi connectivity index (χ3n) is 7.02. The van der Waals surface area contributed by atoms with Crippen LogP contribution in [-0.4, -0.2) is 34.7 Å². The Kier molecular flexibility index (Phi) is 7.75. The Labute approximate surface area is 222 Å². The van der Waals surface area contributed by atoms with E-state index in [-0.39, 0.29) is 22.4 Å². The molecule has 3 aromatic heterocycles. The first kappa shape index (κ1) is 26.8. The Morgan fingerprint density at radius 2 is 1.92 bits per heavy atom. The number of nitrogens with zero attached hydrogens (tertiary/aromatic N) is 6. The van der Waals surface area contributed by atoms with E-state index in [4.69, 9.17) is 0 Å². The molecule has 38 heavy (non-hydrogen) atoms. The van der Waals surface area contributed by atoms with E-state index >= 15 is 0 Å². The molecule has 0 spiro atoms. The predicted molar refractivity (Wildman–Crippen MR) is 150 cm³/mol. The van der Waals surface area contributed by atoms with Crippen LogP contribution in [-0.2, 0) is 11.8 Å². The summed E-state index contributed by atoms with van der Waals surface area (Å²) in [7, 11) is 1.60. The first-order chi connectivity index (χ1) is 18.1. The molecule has 198 valence electrons. The quantitative estimate of drug-likeness (QED) is 0.362. The lowest BCUT2D eigenvalue weighted by molar-refractivity contribution is -0.112. The van der Waals surface area contributed by atoms with Crippen LogP contribution in [0.2, 0.25) is 0 Å². The summed E-state index contributed by atoms with van der Waals surface area (Å²) in [6.45, 7) is 10.8. The van der Waals surface area contributed by atoms with E-state index in [1.807, 2.05) is 43.9 Å². The number of carbonyl (C=O) groups excluding carboxylic acids is 1. The maximum absolute atomic E-state index is 12.5. The van der Waals surface area contributed by atoms with Crippen LogP contribution < -0.4 is 11.0 Å². The molecule has 0 bridgehead atoms. The molecule has 0 radical (unpaired) electrons. The predicted octanol–water partition coefficient (Wildman–Crippen LogP) is 4.78. The standard InChI is InChI=1S/C29H35N7O2/c1-20(10-11-23-22(3)24(12-13-29(23,4)5)35-15-14-30-17-35)8-7-9-21(2)16-25(37)33-36-19-31-26-27(36)32-18-34(6)28(26)38/h7-11,14-19,24H,12-13H2,1-6H3,(H,33,37)/b9-7+,11-10+,20-8+,21-16+. The lowest BCUT2D eigenvalue weighted by Gasteiger charge is -2.37. The fourth-order valence-electron chi connectivity index (χ4n) is 4.83. The highest BCUT2D eigenvalue weighted by atomic mass is 16.2. The van der Waals surface area contributed by atoms with E-state index < -0.39 is 0 Å². The van der Waals surface area contributed by atoms with Crippen LogP contribution in [0.5, 0.6) is 0 Å². The van der Waals surface area contributed by atoms with Gasteiger partial charge in [0.05, 0.1) is 18.7 Å². The molecule has 3 heterocycles. The van der Waals surface area contributed by atoms with Crippen molar-refractivity contribution >= 4 is 17.1 Å². The number of imidazole rings is 2. The molecule has 1 atom stereocenters. The molecule has 1 amide bonds. The van der Waals surface area contributed by atoms with Gasteiger partial charge in [0.2, 0.25) is 0 Å². The summed E-state index contributed by atoms with van der Waals surface area (Å²) >= 11 is 0. The molecule has 1 unspecified atom stereocenters. The van der Waals surface area contributed by atoms with Crippen LogP contribution in [0.15, 0.2) is 94.9 Å². The van der Waals surface area contributed by atoms with Gasteiger partial charge in [-0.15, -0.1) is 0 Å².